The molecule has 7 nitrogen and oxygen atoms in total. The van der Waals surface area contributed by atoms with Crippen LogP contribution < -0.4 is 0 Å². The average Bonchev–Trinajstić information content (AvgIpc) is 2.95. The number of hydrogen-bond acceptors (Lipinski definition) is 7. The summed E-state index contributed by atoms with van der Waals surface area (Å²) in [6.07, 6.45) is -4.39. The van der Waals surface area contributed by atoms with Crippen molar-refractivity contribution < 1.29 is 33.9 Å². The van der Waals surface area contributed by atoms with Crippen molar-refractivity contribution in [2.45, 2.75) is 63.1 Å². The van der Waals surface area contributed by atoms with E-state index in [1.807, 2.05) is 91.0 Å². The van der Waals surface area contributed by atoms with Crippen LogP contribution in [0.3, 0.4) is 0 Å². The molecule has 0 unspecified atom stereocenters. The fourth-order valence-electron chi connectivity index (χ4n) is 4.49. The van der Waals surface area contributed by atoms with Crippen LogP contribution in [0.15, 0.2) is 91.0 Å². The lowest BCUT2D eigenvalue weighted by Crippen LogP contribution is -2.63. The van der Waals surface area contributed by atoms with Gasteiger partial charge in [0.2, 0.25) is 0 Å². The Balaban J connectivity index is 1.62. The van der Waals surface area contributed by atoms with E-state index >= 15 is 0 Å². The molecule has 1 heterocycles. The van der Waals surface area contributed by atoms with Crippen molar-refractivity contribution in [3.63, 3.8) is 0 Å². The molecular weight excluding hydrogens is 472 g/mol. The number of methoxy groups -OCH3 is 1. The van der Waals surface area contributed by atoms with Crippen molar-refractivity contribution in [3.05, 3.63) is 108 Å². The third-order valence-corrected chi connectivity index (χ3v) is 6.42. The second-order valence-corrected chi connectivity index (χ2v) is 9.07. The molecule has 6 atom stereocenters. The molecule has 0 aliphatic carbocycles. The smallest absolute Gasteiger partial charge is 0.186 e. The van der Waals surface area contributed by atoms with Crippen LogP contribution in [-0.2, 0) is 43.5 Å². The van der Waals surface area contributed by atoms with Gasteiger partial charge in [-0.1, -0.05) is 91.0 Å². The summed E-state index contributed by atoms with van der Waals surface area (Å²) in [5.74, 6) is 0. The third kappa shape index (κ3) is 7.69. The Kier molecular flexibility index (Phi) is 10.6. The highest BCUT2D eigenvalue weighted by molar-refractivity contribution is 5.15. The second kappa shape index (κ2) is 14.4. The van der Waals surface area contributed by atoms with Crippen molar-refractivity contribution in [3.8, 4) is 0 Å². The van der Waals surface area contributed by atoms with Crippen molar-refractivity contribution in [2.24, 2.45) is 0 Å². The summed E-state index contributed by atoms with van der Waals surface area (Å²) in [6.45, 7) is 0.759. The van der Waals surface area contributed by atoms with Crippen LogP contribution in [0, 0.1) is 0 Å². The number of hydrogen-bond donors (Lipinski definition) is 2. The number of ether oxygens (including phenoxy) is 5. The maximum absolute atomic E-state index is 10.9. The van der Waals surface area contributed by atoms with E-state index in [1.165, 1.54) is 0 Å². The molecule has 0 radical (unpaired) electrons. The van der Waals surface area contributed by atoms with Gasteiger partial charge in [-0.2, -0.15) is 0 Å². The molecule has 7 heteroatoms. The SMILES string of the molecule is CO[C@H]1O[C@H]([C@H](O)CCO)[C@@H](OCc2ccccc2)[C@H](OCc2ccccc2)[C@H]1OCc1ccccc1. The van der Waals surface area contributed by atoms with Gasteiger partial charge in [-0.15, -0.1) is 0 Å². The van der Waals surface area contributed by atoms with Crippen molar-refractivity contribution in [2.75, 3.05) is 13.7 Å². The van der Waals surface area contributed by atoms with Crippen LogP contribution in [0.5, 0.6) is 0 Å². The van der Waals surface area contributed by atoms with Gasteiger partial charge in [0, 0.05) is 13.7 Å². The maximum Gasteiger partial charge on any atom is 0.186 e. The van der Waals surface area contributed by atoms with Crippen LogP contribution in [0.1, 0.15) is 23.1 Å². The van der Waals surface area contributed by atoms with Crippen molar-refractivity contribution in [1.82, 2.24) is 0 Å². The fraction of sp³-hybridized carbons (Fsp3) is 0.400. The Morgan fingerprint density at radius 2 is 1.11 bits per heavy atom. The molecule has 0 spiro atoms. The molecule has 0 amide bonds. The van der Waals surface area contributed by atoms with Crippen LogP contribution in [0.25, 0.3) is 0 Å². The number of aliphatic hydroxyl groups excluding tert-OH is 2. The first-order chi connectivity index (χ1) is 18.2. The van der Waals surface area contributed by atoms with Crippen molar-refractivity contribution >= 4 is 0 Å². The minimum absolute atomic E-state index is 0.132. The minimum Gasteiger partial charge on any atom is -0.396 e. The first-order valence-corrected chi connectivity index (χ1v) is 12.6. The summed E-state index contributed by atoms with van der Waals surface area (Å²) < 4.78 is 31.1. The Morgan fingerprint density at radius 3 is 1.54 bits per heavy atom. The highest BCUT2D eigenvalue weighted by atomic mass is 16.7. The summed E-state index contributed by atoms with van der Waals surface area (Å²) in [7, 11) is 1.54. The molecule has 4 rings (SSSR count). The molecule has 3 aromatic carbocycles. The molecule has 1 saturated heterocycles. The van der Waals surface area contributed by atoms with Crippen LogP contribution in [0.2, 0.25) is 0 Å². The van der Waals surface area contributed by atoms with Gasteiger partial charge in [-0.25, -0.2) is 0 Å². The molecule has 2 N–H and O–H groups in total. The number of aliphatic hydroxyl groups is 2. The molecule has 1 fully saturated rings. The summed E-state index contributed by atoms with van der Waals surface area (Å²) >= 11 is 0. The van der Waals surface area contributed by atoms with E-state index in [9.17, 15) is 10.2 Å². The zero-order chi connectivity index (χ0) is 25.9. The topological polar surface area (TPSA) is 86.6 Å². The standard InChI is InChI=1S/C30H36O7/c1-33-30-29(36-21-24-15-9-4-10-16-24)28(35-20-23-13-7-3-8-14-23)27(26(37-30)25(32)17-18-31)34-19-22-11-5-2-6-12-22/h2-16,25-32H,17-21H2,1H3/t25-,26-,27-,28+,29-,30+/m1/s1. The first-order valence-electron chi connectivity index (χ1n) is 12.6. The Hall–Kier alpha value is -2.62. The van der Waals surface area contributed by atoms with Gasteiger partial charge >= 0.3 is 0 Å². The van der Waals surface area contributed by atoms with Gasteiger partial charge in [0.1, 0.15) is 24.4 Å². The Morgan fingerprint density at radius 1 is 0.676 bits per heavy atom. The summed E-state index contributed by atoms with van der Waals surface area (Å²) in [6, 6.07) is 29.5. The molecule has 0 saturated carbocycles. The fourth-order valence-corrected chi connectivity index (χ4v) is 4.49. The Bertz CT molecular complexity index is 1020. The van der Waals surface area contributed by atoms with Gasteiger partial charge in [0.15, 0.2) is 6.29 Å². The van der Waals surface area contributed by atoms with E-state index < -0.39 is 36.8 Å². The zero-order valence-corrected chi connectivity index (χ0v) is 21.1. The van der Waals surface area contributed by atoms with E-state index in [0.29, 0.717) is 19.8 Å². The highest BCUT2D eigenvalue weighted by Gasteiger charge is 2.50. The molecule has 1 aliphatic rings. The molecule has 198 valence electrons. The maximum atomic E-state index is 10.9. The molecule has 37 heavy (non-hydrogen) atoms. The van der Waals surface area contributed by atoms with Gasteiger partial charge < -0.3 is 33.9 Å². The number of rotatable bonds is 13. The van der Waals surface area contributed by atoms with Crippen LogP contribution in [-0.4, -0.2) is 60.7 Å². The quantitative estimate of drug-likeness (QED) is 0.363. The van der Waals surface area contributed by atoms with Gasteiger partial charge in [-0.05, 0) is 23.1 Å². The third-order valence-electron chi connectivity index (χ3n) is 6.42. The first kappa shape index (κ1) is 27.4. The van der Waals surface area contributed by atoms with Crippen LogP contribution >= 0.6 is 0 Å². The predicted octanol–water partition coefficient (Wildman–Crippen LogP) is 3.86. The lowest BCUT2D eigenvalue weighted by molar-refractivity contribution is -0.329. The van der Waals surface area contributed by atoms with E-state index in [0.717, 1.165) is 16.7 Å². The lowest BCUT2D eigenvalue weighted by atomic mass is 9.93. The number of benzene rings is 3. The van der Waals surface area contributed by atoms with Gasteiger partial charge in [0.25, 0.3) is 0 Å². The normalized spacial score (nSPS) is 24.6. The van der Waals surface area contributed by atoms with Gasteiger partial charge in [-0.3, -0.25) is 0 Å². The lowest BCUT2D eigenvalue weighted by Gasteiger charge is -2.46. The second-order valence-electron chi connectivity index (χ2n) is 9.07. The van der Waals surface area contributed by atoms with Crippen LogP contribution in [0.4, 0.5) is 0 Å². The van der Waals surface area contributed by atoms with E-state index in [2.05, 4.69) is 0 Å². The molecule has 0 aromatic heterocycles. The average molecular weight is 509 g/mol. The van der Waals surface area contributed by atoms with E-state index in [1.54, 1.807) is 7.11 Å². The summed E-state index contributed by atoms with van der Waals surface area (Å²) in [5.41, 5.74) is 2.98. The summed E-state index contributed by atoms with van der Waals surface area (Å²) in [4.78, 5) is 0. The van der Waals surface area contributed by atoms with Gasteiger partial charge in [0.05, 0.1) is 25.9 Å². The summed E-state index contributed by atoms with van der Waals surface area (Å²) in [5, 5.41) is 20.5. The Labute approximate surface area is 218 Å². The molecule has 3 aromatic rings. The molecule has 0 bridgehead atoms. The molecular formula is C30H36O7. The largest absolute Gasteiger partial charge is 0.396 e. The van der Waals surface area contributed by atoms with E-state index in [4.69, 9.17) is 23.7 Å². The molecule has 1 aliphatic heterocycles. The highest BCUT2D eigenvalue weighted by Crippen LogP contribution is 2.32. The van der Waals surface area contributed by atoms with Crippen molar-refractivity contribution in [1.29, 1.82) is 0 Å². The van der Waals surface area contributed by atoms with E-state index in [-0.39, 0.29) is 13.0 Å². The predicted molar refractivity (Wildman–Crippen MR) is 138 cm³/mol. The monoisotopic (exact) mass is 508 g/mol. The minimum atomic E-state index is -0.985. The zero-order valence-electron chi connectivity index (χ0n) is 21.1.